The largest absolute Gasteiger partial charge is 0.392 e. The standard InChI is InChI=1S/C15H23F2NO/c1-4-11(5-2)14(19)9-18-10(3)15-12(16)7-6-8-13(15)17/h6-8,10-11,14,18-19H,4-5,9H2,1-3H3. The Morgan fingerprint density at radius 1 is 1.16 bits per heavy atom. The van der Waals surface area contributed by atoms with Gasteiger partial charge in [-0.2, -0.15) is 0 Å². The van der Waals surface area contributed by atoms with Gasteiger partial charge in [-0.05, 0) is 25.0 Å². The number of aliphatic hydroxyl groups excluding tert-OH is 1. The van der Waals surface area contributed by atoms with Crippen molar-refractivity contribution in [2.45, 2.75) is 45.8 Å². The van der Waals surface area contributed by atoms with Crippen LogP contribution in [0, 0.1) is 17.6 Å². The van der Waals surface area contributed by atoms with E-state index in [1.54, 1.807) is 6.92 Å². The molecule has 0 saturated heterocycles. The minimum absolute atomic E-state index is 0.0271. The van der Waals surface area contributed by atoms with E-state index in [2.05, 4.69) is 5.32 Å². The van der Waals surface area contributed by atoms with Crippen molar-refractivity contribution in [3.8, 4) is 0 Å². The zero-order valence-corrected chi connectivity index (χ0v) is 11.8. The van der Waals surface area contributed by atoms with Gasteiger partial charge in [0.25, 0.3) is 0 Å². The van der Waals surface area contributed by atoms with E-state index in [-0.39, 0.29) is 11.5 Å². The van der Waals surface area contributed by atoms with Crippen molar-refractivity contribution in [1.82, 2.24) is 5.32 Å². The van der Waals surface area contributed by atoms with E-state index in [1.807, 2.05) is 13.8 Å². The molecule has 0 heterocycles. The Hall–Kier alpha value is -1.00. The first-order chi connectivity index (χ1) is 9.01. The fourth-order valence-corrected chi connectivity index (χ4v) is 2.32. The molecular weight excluding hydrogens is 248 g/mol. The quantitative estimate of drug-likeness (QED) is 0.796. The summed E-state index contributed by atoms with van der Waals surface area (Å²) in [6, 6.07) is 3.37. The second-order valence-corrected chi connectivity index (χ2v) is 4.91. The molecule has 2 atom stereocenters. The zero-order chi connectivity index (χ0) is 14.4. The van der Waals surface area contributed by atoms with Crippen molar-refractivity contribution >= 4 is 0 Å². The van der Waals surface area contributed by atoms with E-state index in [0.717, 1.165) is 12.8 Å². The summed E-state index contributed by atoms with van der Waals surface area (Å²) >= 11 is 0. The van der Waals surface area contributed by atoms with Crippen LogP contribution in [0.25, 0.3) is 0 Å². The van der Waals surface area contributed by atoms with Crippen molar-refractivity contribution in [3.05, 3.63) is 35.4 Å². The van der Waals surface area contributed by atoms with Crippen molar-refractivity contribution < 1.29 is 13.9 Å². The fourth-order valence-electron chi connectivity index (χ4n) is 2.32. The Morgan fingerprint density at radius 3 is 2.16 bits per heavy atom. The molecule has 0 bridgehead atoms. The predicted octanol–water partition coefficient (Wildman–Crippen LogP) is 3.41. The highest BCUT2D eigenvalue weighted by atomic mass is 19.1. The van der Waals surface area contributed by atoms with Gasteiger partial charge in [-0.1, -0.05) is 32.8 Å². The molecule has 2 N–H and O–H groups in total. The van der Waals surface area contributed by atoms with Gasteiger partial charge in [0.1, 0.15) is 11.6 Å². The fraction of sp³-hybridized carbons (Fsp3) is 0.600. The maximum atomic E-state index is 13.6. The van der Waals surface area contributed by atoms with Crippen LogP contribution in [0.15, 0.2) is 18.2 Å². The van der Waals surface area contributed by atoms with E-state index in [9.17, 15) is 13.9 Å². The second-order valence-electron chi connectivity index (χ2n) is 4.91. The average molecular weight is 271 g/mol. The highest BCUT2D eigenvalue weighted by molar-refractivity contribution is 5.22. The van der Waals surface area contributed by atoms with Crippen LogP contribution in [-0.4, -0.2) is 17.8 Å². The van der Waals surface area contributed by atoms with Crippen molar-refractivity contribution in [2.75, 3.05) is 6.54 Å². The van der Waals surface area contributed by atoms with Crippen molar-refractivity contribution in [2.24, 2.45) is 5.92 Å². The van der Waals surface area contributed by atoms with E-state index < -0.39 is 23.8 Å². The minimum Gasteiger partial charge on any atom is -0.392 e. The first-order valence-corrected chi connectivity index (χ1v) is 6.86. The van der Waals surface area contributed by atoms with E-state index in [4.69, 9.17) is 0 Å². The van der Waals surface area contributed by atoms with Gasteiger partial charge < -0.3 is 10.4 Å². The first kappa shape index (κ1) is 16.1. The average Bonchev–Trinajstić information content (AvgIpc) is 2.37. The van der Waals surface area contributed by atoms with Crippen molar-refractivity contribution in [1.29, 1.82) is 0 Å². The van der Waals surface area contributed by atoms with Crippen LogP contribution in [0.5, 0.6) is 0 Å². The highest BCUT2D eigenvalue weighted by Crippen LogP contribution is 2.21. The van der Waals surface area contributed by atoms with Crippen molar-refractivity contribution in [3.63, 3.8) is 0 Å². The van der Waals surface area contributed by atoms with E-state index >= 15 is 0 Å². The minimum atomic E-state index is -0.558. The molecular formula is C15H23F2NO. The summed E-state index contributed by atoms with van der Waals surface area (Å²) < 4.78 is 27.1. The monoisotopic (exact) mass is 271 g/mol. The molecule has 19 heavy (non-hydrogen) atoms. The second kappa shape index (κ2) is 7.56. The van der Waals surface area contributed by atoms with Gasteiger partial charge in [0.15, 0.2) is 0 Å². The third kappa shape index (κ3) is 4.25. The van der Waals surface area contributed by atoms with Crippen LogP contribution in [0.1, 0.15) is 45.2 Å². The molecule has 0 fully saturated rings. The molecule has 0 aromatic heterocycles. The van der Waals surface area contributed by atoms with Gasteiger partial charge >= 0.3 is 0 Å². The van der Waals surface area contributed by atoms with E-state index in [0.29, 0.717) is 6.54 Å². The molecule has 0 radical (unpaired) electrons. The van der Waals surface area contributed by atoms with Crippen LogP contribution in [0.4, 0.5) is 8.78 Å². The molecule has 2 unspecified atom stereocenters. The number of rotatable bonds is 7. The van der Waals surface area contributed by atoms with Crippen LogP contribution in [0.3, 0.4) is 0 Å². The first-order valence-electron chi connectivity index (χ1n) is 6.86. The number of nitrogens with one attached hydrogen (secondary N) is 1. The lowest BCUT2D eigenvalue weighted by atomic mass is 9.96. The number of aliphatic hydroxyl groups is 1. The third-order valence-electron chi connectivity index (χ3n) is 3.66. The summed E-state index contributed by atoms with van der Waals surface area (Å²) in [6.07, 6.45) is 1.29. The topological polar surface area (TPSA) is 32.3 Å². The highest BCUT2D eigenvalue weighted by Gasteiger charge is 2.19. The smallest absolute Gasteiger partial charge is 0.130 e. The normalized spacial score (nSPS) is 14.7. The number of hydrogen-bond acceptors (Lipinski definition) is 2. The molecule has 0 amide bonds. The molecule has 1 aromatic rings. The van der Waals surface area contributed by atoms with Gasteiger partial charge in [-0.25, -0.2) is 8.78 Å². The molecule has 0 aliphatic rings. The maximum absolute atomic E-state index is 13.6. The molecule has 108 valence electrons. The Bertz CT molecular complexity index is 373. The third-order valence-corrected chi connectivity index (χ3v) is 3.66. The van der Waals surface area contributed by atoms with Crippen LogP contribution in [-0.2, 0) is 0 Å². The van der Waals surface area contributed by atoms with Crippen LogP contribution in [0.2, 0.25) is 0 Å². The summed E-state index contributed by atoms with van der Waals surface area (Å²) in [5.74, 6) is -0.904. The Kier molecular flexibility index (Phi) is 6.38. The molecule has 0 aliphatic heterocycles. The molecule has 4 heteroatoms. The molecule has 0 aliphatic carbocycles. The number of benzene rings is 1. The van der Waals surface area contributed by atoms with Gasteiger partial charge in [0.05, 0.1) is 6.10 Å². The molecule has 1 rings (SSSR count). The molecule has 0 saturated carbocycles. The molecule has 1 aromatic carbocycles. The Morgan fingerprint density at radius 2 is 1.68 bits per heavy atom. The molecule has 2 nitrogen and oxygen atoms in total. The Labute approximate surface area is 113 Å². The van der Waals surface area contributed by atoms with Gasteiger partial charge in [0.2, 0.25) is 0 Å². The number of halogens is 2. The lowest BCUT2D eigenvalue weighted by molar-refractivity contribution is 0.0986. The number of hydrogen-bond donors (Lipinski definition) is 2. The Balaban J connectivity index is 2.63. The molecule has 0 spiro atoms. The predicted molar refractivity (Wildman–Crippen MR) is 72.9 cm³/mol. The maximum Gasteiger partial charge on any atom is 0.130 e. The lowest BCUT2D eigenvalue weighted by Crippen LogP contribution is -2.34. The SMILES string of the molecule is CCC(CC)C(O)CNC(C)c1c(F)cccc1F. The summed E-state index contributed by atoms with van der Waals surface area (Å²) in [6.45, 7) is 6.08. The lowest BCUT2D eigenvalue weighted by Gasteiger charge is -2.23. The zero-order valence-electron chi connectivity index (χ0n) is 11.8. The van der Waals surface area contributed by atoms with Crippen LogP contribution < -0.4 is 5.32 Å². The van der Waals surface area contributed by atoms with Gasteiger partial charge in [0, 0.05) is 18.2 Å². The summed E-state index contributed by atoms with van der Waals surface area (Å²) in [7, 11) is 0. The van der Waals surface area contributed by atoms with E-state index in [1.165, 1.54) is 18.2 Å². The summed E-state index contributed by atoms with van der Waals surface area (Å²) in [4.78, 5) is 0. The van der Waals surface area contributed by atoms with Gasteiger partial charge in [-0.15, -0.1) is 0 Å². The van der Waals surface area contributed by atoms with Gasteiger partial charge in [-0.3, -0.25) is 0 Å². The summed E-state index contributed by atoms with van der Waals surface area (Å²) in [5, 5.41) is 13.0. The summed E-state index contributed by atoms with van der Waals surface area (Å²) in [5.41, 5.74) is 0.0271. The van der Waals surface area contributed by atoms with Crippen LogP contribution >= 0.6 is 0 Å².